The van der Waals surface area contributed by atoms with Crippen molar-refractivity contribution in [3.8, 4) is 5.75 Å². The Balaban J connectivity index is 1.74. The molecular weight excluding hydrogens is 453 g/mol. The lowest BCUT2D eigenvalue weighted by molar-refractivity contribution is -0.123. The van der Waals surface area contributed by atoms with E-state index >= 15 is 0 Å². The minimum absolute atomic E-state index is 0.0192. The predicted molar refractivity (Wildman–Crippen MR) is 128 cm³/mol. The summed E-state index contributed by atoms with van der Waals surface area (Å²) in [4.78, 5) is 27.3. The molecule has 1 heterocycles. The van der Waals surface area contributed by atoms with Gasteiger partial charge in [0.15, 0.2) is 0 Å². The maximum absolute atomic E-state index is 13.1. The van der Waals surface area contributed by atoms with Gasteiger partial charge in [-0.15, -0.1) is 0 Å². The van der Waals surface area contributed by atoms with Crippen LogP contribution in [-0.2, 0) is 11.3 Å². The molecule has 0 N–H and O–H groups in total. The fourth-order valence-electron chi connectivity index (χ4n) is 3.39. The summed E-state index contributed by atoms with van der Waals surface area (Å²) in [7, 11) is 0. The van der Waals surface area contributed by atoms with Crippen molar-refractivity contribution in [1.29, 1.82) is 0 Å². The van der Waals surface area contributed by atoms with Crippen LogP contribution in [0.1, 0.15) is 25.0 Å². The molecule has 1 saturated heterocycles. The van der Waals surface area contributed by atoms with E-state index in [1.165, 1.54) is 0 Å². The van der Waals surface area contributed by atoms with E-state index < -0.39 is 0 Å². The SMILES string of the molecule is CC(C)Oc1ccc2ccccc2c1/C=C1\SC(=O)N(Cc2c(Cl)cccc2Cl)C1=O. The number of imide groups is 1. The van der Waals surface area contributed by atoms with Crippen molar-refractivity contribution in [2.24, 2.45) is 0 Å². The molecule has 0 saturated carbocycles. The molecule has 4 rings (SSSR count). The molecule has 3 aromatic carbocycles. The smallest absolute Gasteiger partial charge is 0.293 e. The Kier molecular flexibility index (Phi) is 6.28. The normalized spacial score (nSPS) is 15.5. The third kappa shape index (κ3) is 4.45. The minimum atomic E-state index is -0.380. The monoisotopic (exact) mass is 471 g/mol. The highest BCUT2D eigenvalue weighted by molar-refractivity contribution is 8.18. The van der Waals surface area contributed by atoms with Gasteiger partial charge in [0.25, 0.3) is 11.1 Å². The lowest BCUT2D eigenvalue weighted by Crippen LogP contribution is -2.27. The number of nitrogens with zero attached hydrogens (tertiary/aromatic N) is 1. The fraction of sp³-hybridized carbons (Fsp3) is 0.167. The van der Waals surface area contributed by atoms with Crippen molar-refractivity contribution >= 4 is 63.0 Å². The third-order valence-corrected chi connectivity index (χ3v) is 6.44. The molecule has 1 fully saturated rings. The molecule has 0 bridgehead atoms. The van der Waals surface area contributed by atoms with Gasteiger partial charge in [-0.3, -0.25) is 14.5 Å². The Morgan fingerprint density at radius 2 is 1.71 bits per heavy atom. The van der Waals surface area contributed by atoms with Crippen LogP contribution in [0.4, 0.5) is 4.79 Å². The van der Waals surface area contributed by atoms with E-state index in [0.29, 0.717) is 26.3 Å². The molecule has 3 aromatic rings. The Hall–Kier alpha value is -2.47. The highest BCUT2D eigenvalue weighted by Gasteiger charge is 2.36. The molecule has 31 heavy (non-hydrogen) atoms. The van der Waals surface area contributed by atoms with E-state index in [4.69, 9.17) is 27.9 Å². The van der Waals surface area contributed by atoms with E-state index in [2.05, 4.69) is 0 Å². The van der Waals surface area contributed by atoms with Crippen LogP contribution in [-0.4, -0.2) is 22.2 Å². The predicted octanol–water partition coefficient (Wildman–Crippen LogP) is 7.17. The number of thioether (sulfide) groups is 1. The summed E-state index contributed by atoms with van der Waals surface area (Å²) in [5.41, 5.74) is 1.32. The van der Waals surface area contributed by atoms with Gasteiger partial charge in [0.2, 0.25) is 0 Å². The van der Waals surface area contributed by atoms with Crippen molar-refractivity contribution in [3.05, 3.63) is 80.7 Å². The second-order valence-corrected chi connectivity index (χ2v) is 9.14. The maximum atomic E-state index is 13.1. The number of hydrogen-bond acceptors (Lipinski definition) is 4. The average Bonchev–Trinajstić information content (AvgIpc) is 2.99. The number of fused-ring (bicyclic) bond motifs is 1. The highest BCUT2D eigenvalue weighted by Crippen LogP contribution is 2.38. The van der Waals surface area contributed by atoms with Crippen molar-refractivity contribution in [3.63, 3.8) is 0 Å². The third-order valence-electron chi connectivity index (χ3n) is 4.82. The molecule has 0 aliphatic carbocycles. The van der Waals surface area contributed by atoms with Gasteiger partial charge in [0.1, 0.15) is 5.75 Å². The molecule has 7 heteroatoms. The van der Waals surface area contributed by atoms with E-state index in [1.54, 1.807) is 24.3 Å². The van der Waals surface area contributed by atoms with Crippen LogP contribution in [0.2, 0.25) is 10.0 Å². The van der Waals surface area contributed by atoms with E-state index in [9.17, 15) is 9.59 Å². The Morgan fingerprint density at radius 3 is 2.42 bits per heavy atom. The summed E-state index contributed by atoms with van der Waals surface area (Å²) in [6, 6.07) is 16.8. The molecule has 0 unspecified atom stereocenters. The van der Waals surface area contributed by atoms with Gasteiger partial charge in [0, 0.05) is 21.2 Å². The second kappa shape index (κ2) is 8.95. The molecule has 1 aliphatic heterocycles. The number of benzene rings is 3. The summed E-state index contributed by atoms with van der Waals surface area (Å²) in [6.07, 6.45) is 1.70. The molecule has 1 aliphatic rings. The molecule has 158 valence electrons. The first kappa shape index (κ1) is 21.8. The van der Waals surface area contributed by atoms with Gasteiger partial charge < -0.3 is 4.74 Å². The van der Waals surface area contributed by atoms with Crippen LogP contribution >= 0.6 is 35.0 Å². The minimum Gasteiger partial charge on any atom is -0.490 e. The van der Waals surface area contributed by atoms with Crippen molar-refractivity contribution in [1.82, 2.24) is 4.90 Å². The summed E-state index contributed by atoms with van der Waals surface area (Å²) in [5, 5.41) is 2.43. The lowest BCUT2D eigenvalue weighted by Gasteiger charge is -2.16. The van der Waals surface area contributed by atoms with Crippen LogP contribution < -0.4 is 4.74 Å². The van der Waals surface area contributed by atoms with Crippen LogP contribution in [0.3, 0.4) is 0 Å². The zero-order valence-electron chi connectivity index (χ0n) is 16.9. The van der Waals surface area contributed by atoms with Gasteiger partial charge in [-0.05, 0) is 60.7 Å². The van der Waals surface area contributed by atoms with Gasteiger partial charge in [-0.1, -0.05) is 59.6 Å². The maximum Gasteiger partial charge on any atom is 0.293 e. The zero-order valence-corrected chi connectivity index (χ0v) is 19.2. The first-order valence-corrected chi connectivity index (χ1v) is 11.3. The molecule has 4 nitrogen and oxygen atoms in total. The standard InChI is InChI=1S/C24H19Cl2NO3S/c1-14(2)30-21-11-10-15-6-3-4-7-16(15)17(21)12-22-23(28)27(24(29)31-22)13-18-19(25)8-5-9-20(18)26/h3-12,14H,13H2,1-2H3/b22-12-. The van der Waals surface area contributed by atoms with E-state index in [1.807, 2.05) is 50.2 Å². The number of carbonyl (C=O) groups excluding carboxylic acids is 2. The van der Waals surface area contributed by atoms with Crippen molar-refractivity contribution in [2.45, 2.75) is 26.5 Å². The summed E-state index contributed by atoms with van der Waals surface area (Å²) >= 11 is 13.4. The highest BCUT2D eigenvalue weighted by atomic mass is 35.5. The van der Waals surface area contributed by atoms with Gasteiger partial charge >= 0.3 is 0 Å². The quantitative estimate of drug-likeness (QED) is 0.370. The zero-order chi connectivity index (χ0) is 22.1. The number of carbonyl (C=O) groups is 2. The van der Waals surface area contributed by atoms with Gasteiger partial charge in [-0.25, -0.2) is 0 Å². The molecule has 0 radical (unpaired) electrons. The fourth-order valence-corrected chi connectivity index (χ4v) is 4.73. The Bertz CT molecular complexity index is 1200. The number of halogens is 2. The molecule has 0 atom stereocenters. The Morgan fingerprint density at radius 1 is 1.00 bits per heavy atom. The first-order chi connectivity index (χ1) is 14.8. The van der Waals surface area contributed by atoms with E-state index in [-0.39, 0.29) is 23.8 Å². The number of rotatable bonds is 5. The Labute approximate surface area is 194 Å². The summed E-state index contributed by atoms with van der Waals surface area (Å²) < 4.78 is 5.98. The topological polar surface area (TPSA) is 46.6 Å². The van der Waals surface area contributed by atoms with Gasteiger partial charge in [-0.2, -0.15) is 0 Å². The van der Waals surface area contributed by atoms with Crippen molar-refractivity contribution in [2.75, 3.05) is 0 Å². The average molecular weight is 472 g/mol. The van der Waals surface area contributed by atoms with Crippen molar-refractivity contribution < 1.29 is 14.3 Å². The molecule has 2 amide bonds. The summed E-state index contributed by atoms with van der Waals surface area (Å²) in [5.74, 6) is 0.282. The molecule has 0 aromatic heterocycles. The van der Waals surface area contributed by atoms with Gasteiger partial charge in [0.05, 0.1) is 17.6 Å². The van der Waals surface area contributed by atoms with Crippen LogP contribution in [0.25, 0.3) is 16.8 Å². The second-order valence-electron chi connectivity index (χ2n) is 7.33. The largest absolute Gasteiger partial charge is 0.490 e. The van der Waals surface area contributed by atoms with E-state index in [0.717, 1.165) is 33.0 Å². The molecule has 0 spiro atoms. The summed E-state index contributed by atoms with van der Waals surface area (Å²) in [6.45, 7) is 3.91. The number of ether oxygens (including phenoxy) is 1. The lowest BCUT2D eigenvalue weighted by atomic mass is 10.0. The van der Waals surface area contributed by atoms with Crippen LogP contribution in [0.15, 0.2) is 59.5 Å². The number of hydrogen-bond donors (Lipinski definition) is 0. The van der Waals surface area contributed by atoms with Crippen LogP contribution in [0.5, 0.6) is 5.75 Å². The first-order valence-electron chi connectivity index (χ1n) is 9.72. The van der Waals surface area contributed by atoms with Crippen LogP contribution in [0, 0.1) is 0 Å². The molecular formula is C24H19Cl2NO3S. The number of amides is 2.